The SMILES string of the molecule is COC(C)(C)C[C@@H](C)NC(=O)N[C@H](C)c1ccc(C#N)cc1. The first kappa shape index (κ1) is 18.0. The Morgan fingerprint density at radius 3 is 2.36 bits per heavy atom. The van der Waals surface area contributed by atoms with E-state index in [1.165, 1.54) is 0 Å². The van der Waals surface area contributed by atoms with Crippen molar-refractivity contribution in [3.63, 3.8) is 0 Å². The number of ether oxygens (including phenoxy) is 1. The molecule has 2 N–H and O–H groups in total. The summed E-state index contributed by atoms with van der Waals surface area (Å²) in [5.41, 5.74) is 1.29. The highest BCUT2D eigenvalue weighted by Crippen LogP contribution is 2.16. The number of urea groups is 1. The number of nitriles is 1. The molecule has 22 heavy (non-hydrogen) atoms. The summed E-state index contributed by atoms with van der Waals surface area (Å²) in [6, 6.07) is 8.92. The molecule has 0 aromatic heterocycles. The molecular formula is C17H25N3O2. The van der Waals surface area contributed by atoms with Crippen molar-refractivity contribution in [3.8, 4) is 6.07 Å². The Kier molecular flexibility index (Phi) is 6.39. The molecule has 0 bridgehead atoms. The van der Waals surface area contributed by atoms with E-state index in [1.54, 1.807) is 19.2 Å². The molecule has 0 radical (unpaired) electrons. The Hall–Kier alpha value is -2.06. The molecule has 0 aliphatic rings. The van der Waals surface area contributed by atoms with Crippen LogP contribution >= 0.6 is 0 Å². The standard InChI is InChI=1S/C17H25N3O2/c1-12(10-17(3,4)22-5)19-16(21)20-13(2)15-8-6-14(11-18)7-9-15/h6-9,12-13H,10H2,1-5H3,(H2,19,20,21)/t12-,13-/m1/s1. The van der Waals surface area contributed by atoms with Gasteiger partial charge in [0, 0.05) is 13.2 Å². The zero-order valence-electron chi connectivity index (χ0n) is 13.9. The van der Waals surface area contributed by atoms with Gasteiger partial charge in [-0.1, -0.05) is 12.1 Å². The highest BCUT2D eigenvalue weighted by molar-refractivity contribution is 5.74. The predicted octanol–water partition coefficient (Wildman–Crippen LogP) is 3.12. The van der Waals surface area contributed by atoms with Crippen LogP contribution in [0.1, 0.15) is 51.3 Å². The van der Waals surface area contributed by atoms with Gasteiger partial charge in [-0.25, -0.2) is 4.79 Å². The molecule has 2 amide bonds. The number of nitrogens with one attached hydrogen (secondary N) is 2. The summed E-state index contributed by atoms with van der Waals surface area (Å²) in [6.45, 7) is 7.84. The van der Waals surface area contributed by atoms with E-state index >= 15 is 0 Å². The molecule has 120 valence electrons. The first-order chi connectivity index (χ1) is 10.3. The average molecular weight is 303 g/mol. The first-order valence-corrected chi connectivity index (χ1v) is 7.39. The molecule has 1 aromatic carbocycles. The molecule has 0 heterocycles. The Balaban J connectivity index is 2.51. The molecule has 0 aliphatic heterocycles. The maximum atomic E-state index is 12.0. The van der Waals surface area contributed by atoms with E-state index in [2.05, 4.69) is 16.7 Å². The molecule has 0 saturated carbocycles. The smallest absolute Gasteiger partial charge is 0.315 e. The van der Waals surface area contributed by atoms with Gasteiger partial charge in [-0.05, 0) is 51.8 Å². The van der Waals surface area contributed by atoms with Crippen LogP contribution in [0.25, 0.3) is 0 Å². The lowest BCUT2D eigenvalue weighted by molar-refractivity contribution is 0.00949. The van der Waals surface area contributed by atoms with Crippen LogP contribution in [0.15, 0.2) is 24.3 Å². The predicted molar refractivity (Wildman–Crippen MR) is 86.4 cm³/mol. The monoisotopic (exact) mass is 303 g/mol. The summed E-state index contributed by atoms with van der Waals surface area (Å²) in [5.74, 6) is 0. The Labute approximate surface area is 132 Å². The lowest BCUT2D eigenvalue weighted by Crippen LogP contribution is -2.44. The van der Waals surface area contributed by atoms with Gasteiger partial charge in [0.1, 0.15) is 0 Å². The highest BCUT2D eigenvalue weighted by atomic mass is 16.5. The number of benzene rings is 1. The molecule has 5 heteroatoms. The molecule has 1 aromatic rings. The second kappa shape index (κ2) is 7.81. The fraction of sp³-hybridized carbons (Fsp3) is 0.529. The van der Waals surface area contributed by atoms with Crippen LogP contribution in [0.4, 0.5) is 4.79 Å². The fourth-order valence-electron chi connectivity index (χ4n) is 2.26. The van der Waals surface area contributed by atoms with E-state index in [-0.39, 0.29) is 23.7 Å². The molecule has 0 saturated heterocycles. The van der Waals surface area contributed by atoms with Gasteiger partial charge in [0.2, 0.25) is 0 Å². The minimum atomic E-state index is -0.272. The van der Waals surface area contributed by atoms with E-state index in [9.17, 15) is 4.79 Å². The number of hydrogen-bond acceptors (Lipinski definition) is 3. The zero-order chi connectivity index (χ0) is 16.8. The van der Waals surface area contributed by atoms with Gasteiger partial charge in [-0.2, -0.15) is 5.26 Å². The number of nitrogens with zero attached hydrogens (tertiary/aromatic N) is 1. The molecule has 0 aliphatic carbocycles. The quantitative estimate of drug-likeness (QED) is 0.848. The summed E-state index contributed by atoms with van der Waals surface area (Å²) in [6.07, 6.45) is 0.724. The van der Waals surface area contributed by atoms with Crippen LogP contribution < -0.4 is 10.6 Å². The molecule has 0 fully saturated rings. The van der Waals surface area contributed by atoms with Crippen LogP contribution in [0.3, 0.4) is 0 Å². The molecular weight excluding hydrogens is 278 g/mol. The van der Waals surface area contributed by atoms with Crippen molar-refractivity contribution in [1.82, 2.24) is 10.6 Å². The van der Waals surface area contributed by atoms with E-state index in [1.807, 2.05) is 39.8 Å². The van der Waals surface area contributed by atoms with Gasteiger partial charge in [0.15, 0.2) is 0 Å². The number of amides is 2. The molecule has 1 rings (SSSR count). The Morgan fingerprint density at radius 2 is 1.86 bits per heavy atom. The lowest BCUT2D eigenvalue weighted by Gasteiger charge is -2.27. The average Bonchev–Trinajstić information content (AvgIpc) is 2.46. The number of carbonyl (C=O) groups excluding carboxylic acids is 1. The molecule has 2 atom stereocenters. The van der Waals surface area contributed by atoms with Crippen molar-refractivity contribution in [2.75, 3.05) is 7.11 Å². The van der Waals surface area contributed by atoms with Crippen LogP contribution in [0.2, 0.25) is 0 Å². The Morgan fingerprint density at radius 1 is 1.27 bits per heavy atom. The number of hydrogen-bond donors (Lipinski definition) is 2. The van der Waals surface area contributed by atoms with Gasteiger partial charge in [-0.3, -0.25) is 0 Å². The van der Waals surface area contributed by atoms with Gasteiger partial charge >= 0.3 is 6.03 Å². The lowest BCUT2D eigenvalue weighted by atomic mass is 10.00. The summed E-state index contributed by atoms with van der Waals surface area (Å²) in [4.78, 5) is 12.0. The van der Waals surface area contributed by atoms with Crippen LogP contribution in [0, 0.1) is 11.3 Å². The third-order valence-electron chi connectivity index (χ3n) is 3.62. The minimum Gasteiger partial charge on any atom is -0.379 e. The molecule has 0 unspecified atom stereocenters. The molecule has 0 spiro atoms. The number of methoxy groups -OCH3 is 1. The van der Waals surface area contributed by atoms with Crippen molar-refractivity contribution in [1.29, 1.82) is 5.26 Å². The zero-order valence-corrected chi connectivity index (χ0v) is 13.9. The van der Waals surface area contributed by atoms with Crippen molar-refractivity contribution in [3.05, 3.63) is 35.4 Å². The summed E-state index contributed by atoms with van der Waals surface area (Å²) < 4.78 is 5.36. The third kappa shape index (κ3) is 5.74. The first-order valence-electron chi connectivity index (χ1n) is 7.39. The van der Waals surface area contributed by atoms with Gasteiger partial charge in [-0.15, -0.1) is 0 Å². The fourth-order valence-corrected chi connectivity index (χ4v) is 2.26. The van der Waals surface area contributed by atoms with Crippen LogP contribution in [0.5, 0.6) is 0 Å². The topological polar surface area (TPSA) is 74.2 Å². The van der Waals surface area contributed by atoms with E-state index in [4.69, 9.17) is 10.00 Å². The highest BCUT2D eigenvalue weighted by Gasteiger charge is 2.21. The summed E-state index contributed by atoms with van der Waals surface area (Å²) in [5, 5.41) is 14.6. The van der Waals surface area contributed by atoms with E-state index in [0.717, 1.165) is 12.0 Å². The van der Waals surface area contributed by atoms with Gasteiger partial charge < -0.3 is 15.4 Å². The number of carbonyl (C=O) groups is 1. The van der Waals surface area contributed by atoms with Crippen molar-refractivity contribution in [2.24, 2.45) is 0 Å². The van der Waals surface area contributed by atoms with E-state index in [0.29, 0.717) is 5.56 Å². The maximum absolute atomic E-state index is 12.0. The van der Waals surface area contributed by atoms with E-state index < -0.39 is 0 Å². The van der Waals surface area contributed by atoms with Crippen LogP contribution in [-0.4, -0.2) is 24.8 Å². The maximum Gasteiger partial charge on any atom is 0.315 e. The minimum absolute atomic E-state index is 0.00288. The summed E-state index contributed by atoms with van der Waals surface area (Å²) >= 11 is 0. The second-order valence-corrected chi connectivity index (χ2v) is 6.14. The normalized spacial score (nSPS) is 13.8. The van der Waals surface area contributed by atoms with Gasteiger partial charge in [0.05, 0.1) is 23.3 Å². The van der Waals surface area contributed by atoms with Gasteiger partial charge in [0.25, 0.3) is 0 Å². The third-order valence-corrected chi connectivity index (χ3v) is 3.62. The Bertz CT molecular complexity index is 532. The largest absolute Gasteiger partial charge is 0.379 e. The van der Waals surface area contributed by atoms with Crippen LogP contribution in [-0.2, 0) is 4.74 Å². The second-order valence-electron chi connectivity index (χ2n) is 6.14. The van der Waals surface area contributed by atoms with Crippen molar-refractivity contribution in [2.45, 2.75) is 51.8 Å². The number of rotatable bonds is 6. The molecule has 5 nitrogen and oxygen atoms in total. The van der Waals surface area contributed by atoms with Crippen molar-refractivity contribution >= 4 is 6.03 Å². The van der Waals surface area contributed by atoms with Crippen molar-refractivity contribution < 1.29 is 9.53 Å². The summed E-state index contributed by atoms with van der Waals surface area (Å²) in [7, 11) is 1.67.